The van der Waals surface area contributed by atoms with Gasteiger partial charge in [-0.3, -0.25) is 18.7 Å². The van der Waals surface area contributed by atoms with Crippen LogP contribution in [0.2, 0.25) is 5.02 Å². The number of nitrogens with zero attached hydrogens (tertiary/aromatic N) is 3. The maximum atomic E-state index is 13.3. The number of amides is 1. The second kappa shape index (κ2) is 9.49. The molecule has 0 atom stereocenters. The quantitative estimate of drug-likeness (QED) is 0.552. The summed E-state index contributed by atoms with van der Waals surface area (Å²) in [5, 5.41) is 4.38. The van der Waals surface area contributed by atoms with Gasteiger partial charge < -0.3 is 5.32 Å². The van der Waals surface area contributed by atoms with Gasteiger partial charge in [-0.2, -0.15) is 0 Å². The summed E-state index contributed by atoms with van der Waals surface area (Å²) in [5.74, 6) is 0.00363. The number of aryl methyl sites for hydroxylation is 3. The molecular weight excluding hydrogens is 424 g/mol. The van der Waals surface area contributed by atoms with Crippen molar-refractivity contribution in [2.75, 3.05) is 0 Å². The van der Waals surface area contributed by atoms with Gasteiger partial charge in [-0.15, -0.1) is 0 Å². The summed E-state index contributed by atoms with van der Waals surface area (Å²) in [6.07, 6.45) is 8.78. The van der Waals surface area contributed by atoms with Crippen molar-refractivity contribution in [3.8, 4) is 5.69 Å². The predicted molar refractivity (Wildman–Crippen MR) is 129 cm³/mol. The van der Waals surface area contributed by atoms with Gasteiger partial charge in [0.05, 0.1) is 17.4 Å². The van der Waals surface area contributed by atoms with Crippen LogP contribution in [0.15, 0.2) is 29.3 Å². The fourth-order valence-electron chi connectivity index (χ4n) is 4.71. The normalized spacial score (nSPS) is 15.1. The van der Waals surface area contributed by atoms with Gasteiger partial charge in [-0.1, -0.05) is 43.4 Å². The summed E-state index contributed by atoms with van der Waals surface area (Å²) in [4.78, 5) is 30.4. The molecule has 0 radical (unpaired) electrons. The lowest BCUT2D eigenvalue weighted by atomic mass is 10.1. The van der Waals surface area contributed by atoms with E-state index in [1.54, 1.807) is 10.9 Å². The lowest BCUT2D eigenvalue weighted by Crippen LogP contribution is -2.35. The molecule has 1 aromatic carbocycles. The largest absolute Gasteiger partial charge is 0.353 e. The zero-order valence-electron chi connectivity index (χ0n) is 19.1. The highest BCUT2D eigenvalue weighted by Gasteiger charge is 2.20. The number of aromatic nitrogens is 3. The molecule has 1 aliphatic rings. The van der Waals surface area contributed by atoms with Crippen LogP contribution in [-0.4, -0.2) is 26.1 Å². The first kappa shape index (κ1) is 22.6. The van der Waals surface area contributed by atoms with E-state index in [1.165, 1.54) is 25.7 Å². The van der Waals surface area contributed by atoms with Crippen molar-refractivity contribution in [3.05, 3.63) is 56.7 Å². The summed E-state index contributed by atoms with van der Waals surface area (Å²) < 4.78 is 3.55. The molecule has 0 unspecified atom stereocenters. The molecule has 2 heterocycles. The third kappa shape index (κ3) is 4.46. The Bertz CT molecular complexity index is 1200. The molecular formula is C25H31ClN4O2. The van der Waals surface area contributed by atoms with Gasteiger partial charge in [-0.05, 0) is 56.9 Å². The minimum Gasteiger partial charge on any atom is -0.353 e. The van der Waals surface area contributed by atoms with Crippen LogP contribution in [0.3, 0.4) is 0 Å². The van der Waals surface area contributed by atoms with E-state index in [-0.39, 0.29) is 23.9 Å². The predicted octanol–water partition coefficient (Wildman–Crippen LogP) is 4.99. The Morgan fingerprint density at radius 2 is 1.88 bits per heavy atom. The van der Waals surface area contributed by atoms with Crippen LogP contribution in [0, 0.1) is 20.8 Å². The van der Waals surface area contributed by atoms with Gasteiger partial charge in [-0.25, -0.2) is 4.98 Å². The lowest BCUT2D eigenvalue weighted by Gasteiger charge is -2.16. The zero-order valence-corrected chi connectivity index (χ0v) is 19.8. The van der Waals surface area contributed by atoms with Gasteiger partial charge in [0, 0.05) is 29.7 Å². The number of fused-ring (bicyclic) bond motifs is 1. The molecule has 32 heavy (non-hydrogen) atoms. The third-order valence-corrected chi connectivity index (χ3v) is 6.93. The second-order valence-corrected chi connectivity index (χ2v) is 9.36. The zero-order chi connectivity index (χ0) is 22.8. The summed E-state index contributed by atoms with van der Waals surface area (Å²) in [7, 11) is 0. The molecule has 1 amide bonds. The number of hydrogen-bond donors (Lipinski definition) is 1. The molecule has 6 nitrogen and oxygen atoms in total. The molecule has 7 heteroatoms. The van der Waals surface area contributed by atoms with Crippen LogP contribution in [-0.2, 0) is 11.3 Å². The van der Waals surface area contributed by atoms with E-state index in [0.29, 0.717) is 22.6 Å². The standard InChI is InChI=1S/C25H31ClN4O2/c1-16-10-11-19(26)14-21(16)30-18(3)17(2)23-24(30)27-15-29(25(23)32)13-12-22(31)28-20-8-6-4-5-7-9-20/h10-11,14-15,20H,4-9,12-13H2,1-3H3,(H,28,31). The first-order valence-electron chi connectivity index (χ1n) is 11.5. The van der Waals surface area contributed by atoms with E-state index < -0.39 is 0 Å². The van der Waals surface area contributed by atoms with Gasteiger partial charge in [0.25, 0.3) is 5.56 Å². The monoisotopic (exact) mass is 454 g/mol. The maximum Gasteiger partial charge on any atom is 0.263 e. The average molecular weight is 455 g/mol. The minimum absolute atomic E-state index is 0.00363. The molecule has 0 aliphatic heterocycles. The van der Waals surface area contributed by atoms with Crippen molar-refractivity contribution >= 4 is 28.5 Å². The number of hydrogen-bond acceptors (Lipinski definition) is 3. The highest BCUT2D eigenvalue weighted by atomic mass is 35.5. The lowest BCUT2D eigenvalue weighted by molar-refractivity contribution is -0.122. The molecule has 170 valence electrons. The van der Waals surface area contributed by atoms with Gasteiger partial charge in [0.2, 0.25) is 5.91 Å². The molecule has 1 N–H and O–H groups in total. The van der Waals surface area contributed by atoms with Crippen LogP contribution in [0.4, 0.5) is 0 Å². The summed E-state index contributed by atoms with van der Waals surface area (Å²) in [5.41, 5.74) is 4.33. The number of benzene rings is 1. The molecule has 0 saturated heterocycles. The fraction of sp³-hybridized carbons (Fsp3) is 0.480. The topological polar surface area (TPSA) is 68.9 Å². The van der Waals surface area contributed by atoms with Gasteiger partial charge in [0.1, 0.15) is 0 Å². The summed E-state index contributed by atoms with van der Waals surface area (Å²) >= 11 is 6.25. The Morgan fingerprint density at radius 1 is 1.16 bits per heavy atom. The van der Waals surface area contributed by atoms with E-state index in [1.807, 2.05) is 43.5 Å². The number of carbonyl (C=O) groups excluding carboxylic acids is 1. The molecule has 4 rings (SSSR count). The van der Waals surface area contributed by atoms with Crippen molar-refractivity contribution < 1.29 is 4.79 Å². The van der Waals surface area contributed by atoms with Crippen molar-refractivity contribution in [1.82, 2.24) is 19.4 Å². The van der Waals surface area contributed by atoms with Crippen LogP contribution in [0.5, 0.6) is 0 Å². The van der Waals surface area contributed by atoms with Crippen LogP contribution >= 0.6 is 11.6 Å². The van der Waals surface area contributed by atoms with Crippen LogP contribution in [0.1, 0.15) is 61.8 Å². The molecule has 0 spiro atoms. The Morgan fingerprint density at radius 3 is 2.59 bits per heavy atom. The highest BCUT2D eigenvalue weighted by Crippen LogP contribution is 2.28. The Kier molecular flexibility index (Phi) is 6.70. The van der Waals surface area contributed by atoms with E-state index in [4.69, 9.17) is 11.6 Å². The van der Waals surface area contributed by atoms with Crippen molar-refractivity contribution in [1.29, 1.82) is 0 Å². The van der Waals surface area contributed by atoms with E-state index in [2.05, 4.69) is 10.3 Å². The fourth-order valence-corrected chi connectivity index (χ4v) is 4.88. The first-order chi connectivity index (χ1) is 15.4. The molecule has 0 bridgehead atoms. The minimum atomic E-state index is -0.115. The summed E-state index contributed by atoms with van der Waals surface area (Å²) in [6.45, 7) is 6.27. The van der Waals surface area contributed by atoms with Gasteiger partial charge >= 0.3 is 0 Å². The Labute approximate surface area is 193 Å². The van der Waals surface area contributed by atoms with Gasteiger partial charge in [0.15, 0.2) is 5.65 Å². The molecule has 1 fully saturated rings. The Hall–Kier alpha value is -2.60. The molecule has 1 saturated carbocycles. The van der Waals surface area contributed by atoms with Crippen molar-refractivity contribution in [3.63, 3.8) is 0 Å². The third-order valence-electron chi connectivity index (χ3n) is 6.69. The maximum absolute atomic E-state index is 13.3. The van der Waals surface area contributed by atoms with E-state index in [0.717, 1.165) is 35.3 Å². The number of nitrogens with one attached hydrogen (secondary N) is 1. The number of rotatable bonds is 5. The Balaban J connectivity index is 1.59. The average Bonchev–Trinajstić information content (AvgIpc) is 2.91. The van der Waals surface area contributed by atoms with Crippen LogP contribution in [0.25, 0.3) is 16.7 Å². The number of halogens is 1. The second-order valence-electron chi connectivity index (χ2n) is 8.92. The summed E-state index contributed by atoms with van der Waals surface area (Å²) in [6, 6.07) is 5.98. The molecule has 1 aliphatic carbocycles. The van der Waals surface area contributed by atoms with E-state index >= 15 is 0 Å². The smallest absolute Gasteiger partial charge is 0.263 e. The number of carbonyl (C=O) groups is 1. The van der Waals surface area contributed by atoms with Crippen molar-refractivity contribution in [2.45, 2.75) is 78.3 Å². The molecule has 3 aromatic rings. The van der Waals surface area contributed by atoms with E-state index in [9.17, 15) is 9.59 Å². The van der Waals surface area contributed by atoms with Crippen LogP contribution < -0.4 is 10.9 Å². The SMILES string of the molecule is Cc1ccc(Cl)cc1-n1c(C)c(C)c2c(=O)n(CCC(=O)NC3CCCCCC3)cnc21. The first-order valence-corrected chi connectivity index (χ1v) is 11.9. The highest BCUT2D eigenvalue weighted by molar-refractivity contribution is 6.30. The van der Waals surface area contributed by atoms with Crippen molar-refractivity contribution in [2.24, 2.45) is 0 Å². The molecule has 2 aromatic heterocycles.